The van der Waals surface area contributed by atoms with Gasteiger partial charge in [0, 0.05) is 23.2 Å². The highest BCUT2D eigenvalue weighted by molar-refractivity contribution is 7.86. The van der Waals surface area contributed by atoms with Crippen LogP contribution >= 0.6 is 12.6 Å². The molecule has 2 aromatic heterocycles. The molecule has 0 fully saturated rings. The number of nitrogens with zero attached hydrogens (tertiary/aromatic N) is 6. The molecule has 0 unspecified atom stereocenters. The number of thiol groups is 1. The van der Waals surface area contributed by atoms with E-state index >= 15 is 0 Å². The Kier molecular flexibility index (Phi) is 10.8. The number of phenolic OH excluding ortho intramolecular Hbond substituents is 1. The topological polar surface area (TPSA) is 313 Å². The molecule has 0 saturated carbocycles. The molecule has 0 amide bonds. The van der Waals surface area contributed by atoms with Gasteiger partial charge in [-0.05, 0) is 84.6 Å². The van der Waals surface area contributed by atoms with E-state index in [2.05, 4.69) is 43.1 Å². The van der Waals surface area contributed by atoms with Gasteiger partial charge in [-0.1, -0.05) is 12.1 Å². The van der Waals surface area contributed by atoms with Gasteiger partial charge in [0.15, 0.2) is 5.75 Å². The highest BCUT2D eigenvalue weighted by atomic mass is 32.2. The summed E-state index contributed by atoms with van der Waals surface area (Å²) in [6.07, 6.45) is 2.16. The molecule has 56 heavy (non-hydrogen) atoms. The lowest BCUT2D eigenvalue weighted by Gasteiger charge is -2.11. The Labute approximate surface area is 322 Å². The summed E-state index contributed by atoms with van der Waals surface area (Å²) in [6.45, 7) is 0. The fourth-order valence-corrected chi connectivity index (χ4v) is 8.78. The summed E-state index contributed by atoms with van der Waals surface area (Å²) in [4.78, 5) is 5.62. The van der Waals surface area contributed by atoms with E-state index < -0.39 is 71.5 Å². The van der Waals surface area contributed by atoms with E-state index in [1.165, 1.54) is 60.9 Å². The number of aromatic nitrogens is 2. The molecule has 0 atom stereocenters. The normalized spacial score (nSPS) is 13.0. The first-order chi connectivity index (χ1) is 26.1. The maximum atomic E-state index is 12.4. The molecule has 4 aromatic carbocycles. The van der Waals surface area contributed by atoms with Crippen LogP contribution in [0, 0.1) is 0 Å². The van der Waals surface area contributed by atoms with E-state index in [4.69, 9.17) is 0 Å². The Bertz CT molecular complexity index is 2910. The van der Waals surface area contributed by atoms with Crippen molar-refractivity contribution in [2.24, 2.45) is 20.5 Å². The summed E-state index contributed by atoms with van der Waals surface area (Å²) in [5, 5.41) is 26.1. The first-order valence-corrected chi connectivity index (χ1v) is 21.5. The van der Waals surface area contributed by atoms with E-state index in [1.54, 1.807) is 0 Å². The summed E-state index contributed by atoms with van der Waals surface area (Å²) in [5.41, 5.74) is -1.12. The number of hydrogen-bond acceptors (Lipinski definition) is 16. The van der Waals surface area contributed by atoms with Crippen molar-refractivity contribution in [2.75, 3.05) is 0 Å². The molecular weight excluding hydrogens is 837 g/mol. The second-order valence-electron chi connectivity index (χ2n) is 11.7. The van der Waals surface area contributed by atoms with Gasteiger partial charge in [-0.2, -0.15) is 43.9 Å². The van der Waals surface area contributed by atoms with Crippen LogP contribution < -0.4 is 0 Å². The van der Waals surface area contributed by atoms with Crippen molar-refractivity contribution < 1.29 is 57.0 Å². The van der Waals surface area contributed by atoms with Crippen LogP contribution in [0.25, 0.3) is 21.8 Å². The van der Waals surface area contributed by atoms with Gasteiger partial charge in [0.1, 0.15) is 26.7 Å². The third-order valence-corrected chi connectivity index (χ3v) is 12.1. The van der Waals surface area contributed by atoms with Gasteiger partial charge >= 0.3 is 0 Å². The van der Waals surface area contributed by atoms with E-state index in [0.29, 0.717) is 0 Å². The lowest BCUT2D eigenvalue weighted by atomic mass is 10.0. The highest BCUT2D eigenvalue weighted by Gasteiger charge is 2.23. The Balaban J connectivity index is 1.30. The molecule has 5 N–H and O–H groups in total. The summed E-state index contributed by atoms with van der Waals surface area (Å²) in [7, 11) is -19.4. The Morgan fingerprint density at radius 3 is 1.39 bits per heavy atom. The molecule has 0 aliphatic heterocycles. The first kappa shape index (κ1) is 40.4. The molecule has 290 valence electrons. The lowest BCUT2D eigenvalue weighted by Crippen LogP contribution is -2.07. The number of rotatable bonds is 11. The third-order valence-electron chi connectivity index (χ3n) is 8.04. The molecule has 0 radical (unpaired) electrons. The van der Waals surface area contributed by atoms with E-state index in [9.17, 15) is 57.0 Å². The maximum Gasteiger partial charge on any atom is 0.295 e. The zero-order valence-electron chi connectivity index (χ0n) is 27.8. The fourth-order valence-electron chi connectivity index (χ4n) is 5.54. The minimum atomic E-state index is -4.95. The zero-order valence-corrected chi connectivity index (χ0v) is 31.9. The average Bonchev–Trinajstić information content (AvgIpc) is 3.12. The molecule has 0 spiro atoms. The third kappa shape index (κ3) is 8.57. The number of pyridine rings is 2. The number of fused-ring (bicyclic) bond motifs is 2. The van der Waals surface area contributed by atoms with Gasteiger partial charge in [-0.3, -0.25) is 28.2 Å². The van der Waals surface area contributed by atoms with Gasteiger partial charge in [0.25, 0.3) is 40.5 Å². The molecule has 0 aliphatic carbocycles. The molecule has 0 saturated heterocycles. The molecule has 19 nitrogen and oxygen atoms in total. The quantitative estimate of drug-likeness (QED) is 0.0468. The highest BCUT2D eigenvalue weighted by Crippen LogP contribution is 2.39. The van der Waals surface area contributed by atoms with Crippen LogP contribution in [0.15, 0.2) is 130 Å². The summed E-state index contributed by atoms with van der Waals surface area (Å²) >= 11 is 4.35. The number of aryl methyl sites for hydroxylation is 2. The van der Waals surface area contributed by atoms with Gasteiger partial charge in [-0.15, -0.1) is 22.9 Å². The Morgan fingerprint density at radius 2 is 0.929 bits per heavy atom. The Hall–Kier alpha value is -5.31. The average molecular weight is 861 g/mol. The van der Waals surface area contributed by atoms with Crippen LogP contribution in [0.2, 0.25) is 0 Å². The van der Waals surface area contributed by atoms with Crippen LogP contribution in [-0.2, 0) is 53.3 Å². The summed E-state index contributed by atoms with van der Waals surface area (Å²) < 4.78 is 137. The SMILES string of the molecule is O=S(=O)(O)c1cc(/N=N/c2cc(S(=O)(=O)O)c3cccnc3c2O)ccc1CCc1ccc(/N=N/c2cc(S(=O)(=O)O)c3cccnc3c2S)cc1S(=O)(=O)O. The molecule has 2 heterocycles. The minimum Gasteiger partial charge on any atom is -0.504 e. The molecule has 6 rings (SSSR count). The van der Waals surface area contributed by atoms with Crippen molar-refractivity contribution in [1.29, 1.82) is 0 Å². The van der Waals surface area contributed by atoms with Crippen molar-refractivity contribution >= 4 is 97.7 Å². The van der Waals surface area contributed by atoms with Gasteiger partial charge in [0.05, 0.1) is 31.6 Å². The largest absolute Gasteiger partial charge is 0.504 e. The van der Waals surface area contributed by atoms with Crippen LogP contribution in [0.1, 0.15) is 11.1 Å². The van der Waals surface area contributed by atoms with Crippen LogP contribution in [-0.4, -0.2) is 67.0 Å². The van der Waals surface area contributed by atoms with Crippen molar-refractivity contribution in [3.8, 4) is 5.75 Å². The number of benzene rings is 4. The monoisotopic (exact) mass is 860 g/mol. The van der Waals surface area contributed by atoms with Gasteiger partial charge in [-0.25, -0.2) is 0 Å². The van der Waals surface area contributed by atoms with Crippen molar-refractivity contribution in [2.45, 2.75) is 37.3 Å². The second kappa shape index (κ2) is 15.0. The maximum absolute atomic E-state index is 12.4. The molecule has 0 aliphatic rings. The van der Waals surface area contributed by atoms with E-state index in [0.717, 1.165) is 24.3 Å². The van der Waals surface area contributed by atoms with Crippen molar-refractivity contribution in [3.05, 3.63) is 96.3 Å². The number of phenols is 1. The van der Waals surface area contributed by atoms with Crippen LogP contribution in [0.4, 0.5) is 22.7 Å². The molecule has 24 heteroatoms. The lowest BCUT2D eigenvalue weighted by molar-refractivity contribution is 0.477. The smallest absolute Gasteiger partial charge is 0.295 e. The molecule has 6 aromatic rings. The van der Waals surface area contributed by atoms with Gasteiger partial charge < -0.3 is 5.11 Å². The zero-order chi connectivity index (χ0) is 40.8. The van der Waals surface area contributed by atoms with E-state index in [-0.39, 0.29) is 67.7 Å². The van der Waals surface area contributed by atoms with Gasteiger partial charge in [0.2, 0.25) is 0 Å². The summed E-state index contributed by atoms with van der Waals surface area (Å²) in [5.74, 6) is -0.603. The predicted molar refractivity (Wildman–Crippen MR) is 200 cm³/mol. The first-order valence-electron chi connectivity index (χ1n) is 15.3. The Morgan fingerprint density at radius 1 is 0.518 bits per heavy atom. The van der Waals surface area contributed by atoms with Crippen molar-refractivity contribution in [3.63, 3.8) is 0 Å². The summed E-state index contributed by atoms with van der Waals surface area (Å²) in [6, 6.07) is 14.2. The molecular formula is C32H24N6O13S5. The number of aromatic hydroxyl groups is 1. The number of azo groups is 2. The molecule has 0 bridgehead atoms. The van der Waals surface area contributed by atoms with Crippen LogP contribution in [0.5, 0.6) is 5.75 Å². The number of hydrogen-bond donors (Lipinski definition) is 6. The van der Waals surface area contributed by atoms with Crippen molar-refractivity contribution in [1.82, 2.24) is 9.97 Å². The second-order valence-corrected chi connectivity index (χ2v) is 17.7. The predicted octanol–water partition coefficient (Wildman–Crippen LogP) is 6.38. The van der Waals surface area contributed by atoms with Crippen LogP contribution in [0.3, 0.4) is 0 Å². The minimum absolute atomic E-state index is 0.00928. The van der Waals surface area contributed by atoms with E-state index in [1.807, 2.05) is 0 Å². The standard InChI is InChI=1S/C32H24N6O13S5/c39-31-23(15-27(55(46,47)48)21-3-1-11-33-29(21)31)37-35-19-9-7-17(25(13-19)53(40,41)42)5-6-18-8-10-20(14-26(18)54(43,44)45)36-38-24-16-28(56(49,50)51)22-4-2-12-34-30(22)32(24)52/h1-4,7-16,39,52H,5-6H2,(H,40,41,42)(H,43,44,45)(H,46,47,48)(H,49,50,51)/b37-35+,38-36+. The fraction of sp³-hybridized carbons (Fsp3) is 0.0625.